The van der Waals surface area contributed by atoms with Crippen LogP contribution in [0.15, 0.2) is 54.7 Å². The number of ether oxygens (including phenoxy) is 2. The quantitative estimate of drug-likeness (QED) is 0.108. The Labute approximate surface area is 233 Å². The van der Waals surface area contributed by atoms with Crippen LogP contribution in [0.1, 0.15) is 34.6 Å². The lowest BCUT2D eigenvalue weighted by atomic mass is 9.98. The molecule has 0 saturated carbocycles. The Morgan fingerprint density at radius 1 is 1.30 bits per heavy atom. The largest absolute Gasteiger partial charge is 0.464 e. The van der Waals surface area contributed by atoms with E-state index in [9.17, 15) is 14.5 Å². The van der Waals surface area contributed by atoms with Crippen LogP contribution in [0.4, 0.5) is 4.39 Å². The monoisotopic (exact) mass is 580 g/mol. The van der Waals surface area contributed by atoms with E-state index in [1.807, 2.05) is 39.0 Å². The zero-order chi connectivity index (χ0) is 29.7. The van der Waals surface area contributed by atoms with E-state index in [0.717, 1.165) is 5.39 Å². The van der Waals surface area contributed by atoms with Crippen LogP contribution in [0, 0.1) is 10.8 Å². The van der Waals surface area contributed by atoms with Gasteiger partial charge in [0.05, 0.1) is 13.2 Å². The van der Waals surface area contributed by atoms with Crippen LogP contribution in [-0.2, 0) is 23.4 Å². The van der Waals surface area contributed by atoms with Gasteiger partial charge < -0.3 is 30.2 Å². The molecule has 40 heavy (non-hydrogen) atoms. The van der Waals surface area contributed by atoms with Crippen molar-refractivity contribution < 1.29 is 37.4 Å². The van der Waals surface area contributed by atoms with Gasteiger partial charge in [0.15, 0.2) is 12.4 Å². The second kappa shape index (κ2) is 12.7. The van der Waals surface area contributed by atoms with Gasteiger partial charge in [-0.2, -0.15) is 5.09 Å². The van der Waals surface area contributed by atoms with Crippen LogP contribution in [0.5, 0.6) is 5.75 Å². The summed E-state index contributed by atoms with van der Waals surface area (Å²) in [6.45, 7) is 7.92. The molecular formula is C27H38FN4O7P. The molecule has 0 amide bonds. The van der Waals surface area contributed by atoms with Gasteiger partial charge in [0.2, 0.25) is 0 Å². The molecule has 1 aliphatic heterocycles. The standard InChI is InChI=1S/C27H38FN4O7P/c1-17(24(33)36-16-26(2,3)4)32-40(35,39-20-12-8-10-18-9-6-7-11-19(18)20)37-15-21-23(28)27(5,34)25(38-21)31-14-13-22(29)30/h6-14,17,21,23,25,31,34H,15-16H2,1-5H3,(H3,29,30)(H,32,35)/b14-13-/t17-,21+,23+,25+,27+,40?/m0/s1. The van der Waals surface area contributed by atoms with Gasteiger partial charge in [0.1, 0.15) is 29.3 Å². The van der Waals surface area contributed by atoms with Gasteiger partial charge in [-0.1, -0.05) is 57.2 Å². The number of hydrogen-bond acceptors (Lipinski definition) is 9. The van der Waals surface area contributed by atoms with Gasteiger partial charge in [0.25, 0.3) is 0 Å². The molecule has 1 fully saturated rings. The Hall–Kier alpha value is -3.02. The molecule has 1 aliphatic rings. The van der Waals surface area contributed by atoms with Crippen molar-refractivity contribution in [2.45, 2.75) is 64.8 Å². The average Bonchev–Trinajstić information content (AvgIpc) is 3.08. The van der Waals surface area contributed by atoms with E-state index >= 15 is 4.39 Å². The average molecular weight is 581 g/mol. The Bertz CT molecular complexity index is 1280. The van der Waals surface area contributed by atoms with Crippen molar-refractivity contribution in [1.82, 2.24) is 10.4 Å². The summed E-state index contributed by atoms with van der Waals surface area (Å²) in [4.78, 5) is 12.6. The molecule has 1 unspecified atom stereocenters. The Morgan fingerprint density at radius 3 is 2.65 bits per heavy atom. The van der Waals surface area contributed by atoms with E-state index < -0.39 is 50.5 Å². The molecule has 2 aromatic carbocycles. The Kier molecular flexibility index (Phi) is 9.97. The second-order valence-corrected chi connectivity index (χ2v) is 12.7. The van der Waals surface area contributed by atoms with Crippen LogP contribution in [0.2, 0.25) is 0 Å². The van der Waals surface area contributed by atoms with Gasteiger partial charge in [-0.25, -0.2) is 8.96 Å². The molecule has 0 aromatic heterocycles. The molecule has 220 valence electrons. The number of nitrogens with one attached hydrogen (secondary N) is 3. The van der Waals surface area contributed by atoms with E-state index in [2.05, 4.69) is 10.4 Å². The number of halogens is 1. The summed E-state index contributed by atoms with van der Waals surface area (Å²) in [7, 11) is -4.35. The summed E-state index contributed by atoms with van der Waals surface area (Å²) >= 11 is 0. The zero-order valence-electron chi connectivity index (χ0n) is 23.2. The minimum atomic E-state index is -4.35. The lowest BCUT2D eigenvalue weighted by molar-refractivity contribution is -0.148. The molecule has 6 atom stereocenters. The van der Waals surface area contributed by atoms with E-state index in [-0.39, 0.29) is 23.6 Å². The maximum absolute atomic E-state index is 15.2. The highest BCUT2D eigenvalue weighted by Crippen LogP contribution is 2.48. The van der Waals surface area contributed by atoms with Crippen LogP contribution in [0.3, 0.4) is 0 Å². The smallest absolute Gasteiger partial charge is 0.459 e. The number of carbonyl (C=O) groups is 1. The predicted octanol–water partition coefficient (Wildman–Crippen LogP) is 3.76. The number of nitrogens with two attached hydrogens (primary N) is 1. The topological polar surface area (TPSA) is 165 Å². The molecule has 0 spiro atoms. The number of benzene rings is 2. The first-order valence-electron chi connectivity index (χ1n) is 12.8. The molecule has 2 aromatic rings. The Morgan fingerprint density at radius 2 is 1.98 bits per heavy atom. The molecule has 0 radical (unpaired) electrons. The predicted molar refractivity (Wildman–Crippen MR) is 150 cm³/mol. The van der Waals surface area contributed by atoms with Gasteiger partial charge in [-0.3, -0.25) is 14.7 Å². The SMILES string of the molecule is C[C@H](NP(=O)(OC[C@H]1O[C@@H](N/C=C\C(=N)N)[C@](C)(O)[C@@H]1F)Oc1cccc2ccccc12)C(=O)OCC(C)(C)C. The van der Waals surface area contributed by atoms with Crippen molar-refractivity contribution in [2.75, 3.05) is 13.2 Å². The molecule has 11 nitrogen and oxygen atoms in total. The minimum Gasteiger partial charge on any atom is -0.464 e. The fraction of sp³-hybridized carbons (Fsp3) is 0.481. The van der Waals surface area contributed by atoms with Crippen molar-refractivity contribution in [1.29, 1.82) is 5.41 Å². The first-order chi connectivity index (χ1) is 18.6. The summed E-state index contributed by atoms with van der Waals surface area (Å²) in [5.41, 5.74) is 2.99. The molecule has 1 saturated heterocycles. The number of amidine groups is 1. The maximum Gasteiger partial charge on any atom is 0.459 e. The summed E-state index contributed by atoms with van der Waals surface area (Å²) in [6.07, 6.45) is -2.07. The van der Waals surface area contributed by atoms with Crippen LogP contribution in [0.25, 0.3) is 10.8 Å². The number of hydrogen-bond donors (Lipinski definition) is 5. The fourth-order valence-corrected chi connectivity index (χ4v) is 5.35. The third kappa shape index (κ3) is 8.25. The molecule has 6 N–H and O–H groups in total. The molecule has 0 bridgehead atoms. The second-order valence-electron chi connectivity index (χ2n) is 11.0. The number of esters is 1. The normalized spacial score (nSPS) is 25.4. The van der Waals surface area contributed by atoms with Gasteiger partial charge in [-0.05, 0) is 36.8 Å². The van der Waals surface area contributed by atoms with E-state index in [1.165, 1.54) is 26.1 Å². The molecule has 1 heterocycles. The third-order valence-corrected chi connectivity index (χ3v) is 7.60. The highest BCUT2D eigenvalue weighted by molar-refractivity contribution is 7.52. The number of aliphatic hydroxyl groups is 1. The zero-order valence-corrected chi connectivity index (χ0v) is 24.1. The van der Waals surface area contributed by atoms with Crippen LogP contribution < -0.4 is 20.7 Å². The molecule has 0 aliphatic carbocycles. The highest BCUT2D eigenvalue weighted by atomic mass is 31.2. The van der Waals surface area contributed by atoms with Crippen LogP contribution in [-0.4, -0.2) is 60.3 Å². The van der Waals surface area contributed by atoms with Crippen molar-refractivity contribution in [3.05, 3.63) is 54.7 Å². The van der Waals surface area contributed by atoms with Gasteiger partial charge >= 0.3 is 13.7 Å². The highest BCUT2D eigenvalue weighted by Gasteiger charge is 2.54. The number of carbonyl (C=O) groups excluding carboxylic acids is 1. The number of alkyl halides is 1. The molecular weight excluding hydrogens is 542 g/mol. The summed E-state index contributed by atoms with van der Waals surface area (Å²) < 4.78 is 51.6. The van der Waals surface area contributed by atoms with Crippen molar-refractivity contribution in [3.63, 3.8) is 0 Å². The van der Waals surface area contributed by atoms with E-state index in [1.54, 1.807) is 24.3 Å². The van der Waals surface area contributed by atoms with Crippen molar-refractivity contribution >= 4 is 30.3 Å². The number of rotatable bonds is 12. The van der Waals surface area contributed by atoms with E-state index in [4.69, 9.17) is 29.7 Å². The lowest BCUT2D eigenvalue weighted by Gasteiger charge is -2.26. The molecule has 13 heteroatoms. The van der Waals surface area contributed by atoms with Crippen molar-refractivity contribution in [3.8, 4) is 5.75 Å². The molecule has 3 rings (SSSR count). The number of fused-ring (bicyclic) bond motifs is 1. The Balaban J connectivity index is 1.81. The van der Waals surface area contributed by atoms with E-state index in [0.29, 0.717) is 5.39 Å². The third-order valence-electron chi connectivity index (χ3n) is 5.97. The van der Waals surface area contributed by atoms with Crippen LogP contribution >= 0.6 is 7.75 Å². The summed E-state index contributed by atoms with van der Waals surface area (Å²) in [5, 5.41) is 24.6. The first kappa shape index (κ1) is 31.5. The first-order valence-corrected chi connectivity index (χ1v) is 14.3. The van der Waals surface area contributed by atoms with Gasteiger partial charge in [-0.15, -0.1) is 0 Å². The lowest BCUT2D eigenvalue weighted by Crippen LogP contribution is -2.48. The van der Waals surface area contributed by atoms with Gasteiger partial charge in [0, 0.05) is 11.6 Å². The minimum absolute atomic E-state index is 0.133. The maximum atomic E-state index is 15.2. The summed E-state index contributed by atoms with van der Waals surface area (Å²) in [6, 6.07) is 11.3. The fourth-order valence-electron chi connectivity index (χ4n) is 3.83. The summed E-state index contributed by atoms with van der Waals surface area (Å²) in [5.74, 6) is -0.714. The van der Waals surface area contributed by atoms with Crippen molar-refractivity contribution in [2.24, 2.45) is 11.1 Å².